The normalized spacial score (nSPS) is 10.4. The molecule has 0 spiro atoms. The Labute approximate surface area is 134 Å². The zero-order chi connectivity index (χ0) is 16.4. The molecule has 0 fully saturated rings. The summed E-state index contributed by atoms with van der Waals surface area (Å²) in [5, 5.41) is 9.19. The molecule has 0 atom stereocenters. The van der Waals surface area contributed by atoms with Crippen LogP contribution < -0.4 is 11.5 Å². The predicted octanol–water partition coefficient (Wildman–Crippen LogP) is 3.88. The number of anilines is 2. The second kappa shape index (κ2) is 5.85. The van der Waals surface area contributed by atoms with Crippen LogP contribution in [0.25, 0.3) is 22.3 Å². The van der Waals surface area contributed by atoms with Crippen LogP contribution in [0.5, 0.6) is 0 Å². The minimum atomic E-state index is -0.954. The van der Waals surface area contributed by atoms with Crippen LogP contribution >= 0.6 is 0 Å². The van der Waals surface area contributed by atoms with Crippen LogP contribution in [0.15, 0.2) is 66.7 Å². The van der Waals surface area contributed by atoms with Crippen LogP contribution in [0.1, 0.15) is 10.4 Å². The lowest BCUT2D eigenvalue weighted by Gasteiger charge is -2.12. The minimum absolute atomic E-state index is 0.244. The summed E-state index contributed by atoms with van der Waals surface area (Å²) >= 11 is 0. The van der Waals surface area contributed by atoms with Gasteiger partial charge in [0.25, 0.3) is 0 Å². The molecule has 3 rings (SSSR count). The second-order valence-electron chi connectivity index (χ2n) is 5.31. The summed E-state index contributed by atoms with van der Waals surface area (Å²) < 4.78 is 0. The Hall–Kier alpha value is -3.27. The highest BCUT2D eigenvalue weighted by Gasteiger charge is 2.10. The van der Waals surface area contributed by atoms with E-state index in [9.17, 15) is 9.90 Å². The molecule has 0 aliphatic rings. The van der Waals surface area contributed by atoms with Crippen molar-refractivity contribution in [3.05, 3.63) is 72.3 Å². The minimum Gasteiger partial charge on any atom is -0.478 e. The molecule has 114 valence electrons. The van der Waals surface area contributed by atoms with Gasteiger partial charge < -0.3 is 16.6 Å². The van der Waals surface area contributed by atoms with E-state index in [1.165, 1.54) is 0 Å². The molecule has 0 aromatic heterocycles. The summed E-state index contributed by atoms with van der Waals surface area (Å²) in [6, 6.07) is 20.0. The third-order valence-corrected chi connectivity index (χ3v) is 3.69. The Kier molecular flexibility index (Phi) is 3.73. The average Bonchev–Trinajstić information content (AvgIpc) is 2.56. The summed E-state index contributed by atoms with van der Waals surface area (Å²) in [5.74, 6) is -0.954. The SMILES string of the molecule is Nc1ccc(-c2ccc(N)cc2-c2cccc(C(=O)O)c2)cc1. The van der Waals surface area contributed by atoms with Gasteiger partial charge in [-0.05, 0) is 58.7 Å². The van der Waals surface area contributed by atoms with E-state index in [1.807, 2.05) is 48.5 Å². The fourth-order valence-electron chi connectivity index (χ4n) is 2.53. The highest BCUT2D eigenvalue weighted by atomic mass is 16.4. The van der Waals surface area contributed by atoms with Crippen molar-refractivity contribution in [2.24, 2.45) is 0 Å². The van der Waals surface area contributed by atoms with E-state index in [1.54, 1.807) is 18.2 Å². The first-order valence-electron chi connectivity index (χ1n) is 7.14. The van der Waals surface area contributed by atoms with Gasteiger partial charge in [0.2, 0.25) is 0 Å². The molecule has 0 aliphatic heterocycles. The van der Waals surface area contributed by atoms with Crippen molar-refractivity contribution in [1.82, 2.24) is 0 Å². The predicted molar refractivity (Wildman–Crippen MR) is 93.1 cm³/mol. The quantitative estimate of drug-likeness (QED) is 0.640. The number of carbonyl (C=O) groups is 1. The van der Waals surface area contributed by atoms with E-state index in [0.717, 1.165) is 22.3 Å². The van der Waals surface area contributed by atoms with Gasteiger partial charge in [0.15, 0.2) is 0 Å². The lowest BCUT2D eigenvalue weighted by Crippen LogP contribution is -1.96. The maximum absolute atomic E-state index is 11.2. The molecular weight excluding hydrogens is 288 g/mol. The Bertz CT molecular complexity index is 871. The van der Waals surface area contributed by atoms with Gasteiger partial charge in [-0.2, -0.15) is 0 Å². The summed E-state index contributed by atoms with van der Waals surface area (Å²) in [6.07, 6.45) is 0. The third-order valence-electron chi connectivity index (χ3n) is 3.69. The number of carboxylic acids is 1. The fraction of sp³-hybridized carbons (Fsp3) is 0. The number of carboxylic acid groups (broad SMARTS) is 1. The third kappa shape index (κ3) is 3.01. The van der Waals surface area contributed by atoms with Crippen molar-refractivity contribution in [3.63, 3.8) is 0 Å². The Morgan fingerprint density at radius 1 is 0.739 bits per heavy atom. The van der Waals surface area contributed by atoms with Gasteiger partial charge in [0.05, 0.1) is 5.56 Å². The molecule has 0 heterocycles. The van der Waals surface area contributed by atoms with Gasteiger partial charge >= 0.3 is 5.97 Å². The molecule has 4 heteroatoms. The lowest BCUT2D eigenvalue weighted by atomic mass is 9.93. The smallest absolute Gasteiger partial charge is 0.335 e. The van der Waals surface area contributed by atoms with Gasteiger partial charge in [-0.25, -0.2) is 4.79 Å². The van der Waals surface area contributed by atoms with E-state index in [2.05, 4.69) is 0 Å². The van der Waals surface area contributed by atoms with E-state index in [-0.39, 0.29) is 5.56 Å². The van der Waals surface area contributed by atoms with Crippen molar-refractivity contribution in [3.8, 4) is 22.3 Å². The van der Waals surface area contributed by atoms with Crippen LogP contribution in [0.3, 0.4) is 0 Å². The number of aromatic carboxylic acids is 1. The molecule has 23 heavy (non-hydrogen) atoms. The first-order valence-corrected chi connectivity index (χ1v) is 7.14. The summed E-state index contributed by atoms with van der Waals surface area (Å²) in [6.45, 7) is 0. The van der Waals surface area contributed by atoms with Gasteiger partial charge in [-0.15, -0.1) is 0 Å². The van der Waals surface area contributed by atoms with Crippen molar-refractivity contribution in [2.75, 3.05) is 11.5 Å². The van der Waals surface area contributed by atoms with Crippen LogP contribution in [0, 0.1) is 0 Å². The van der Waals surface area contributed by atoms with Gasteiger partial charge in [-0.3, -0.25) is 0 Å². The van der Waals surface area contributed by atoms with Crippen molar-refractivity contribution < 1.29 is 9.90 Å². The lowest BCUT2D eigenvalue weighted by molar-refractivity contribution is 0.0697. The average molecular weight is 304 g/mol. The topological polar surface area (TPSA) is 89.3 Å². The number of nitrogen functional groups attached to an aromatic ring is 2. The standard InChI is InChI=1S/C19H16N2O2/c20-15-6-4-12(5-7-15)17-9-8-16(21)11-18(17)13-2-1-3-14(10-13)19(22)23/h1-11H,20-21H2,(H,22,23). The number of nitrogens with two attached hydrogens (primary N) is 2. The molecule has 4 nitrogen and oxygen atoms in total. The molecule has 0 radical (unpaired) electrons. The highest BCUT2D eigenvalue weighted by molar-refractivity contribution is 5.92. The fourth-order valence-corrected chi connectivity index (χ4v) is 2.53. The highest BCUT2D eigenvalue weighted by Crippen LogP contribution is 2.34. The number of hydrogen-bond acceptors (Lipinski definition) is 3. The molecule has 5 N–H and O–H groups in total. The van der Waals surface area contributed by atoms with Gasteiger partial charge in [0.1, 0.15) is 0 Å². The van der Waals surface area contributed by atoms with E-state index in [4.69, 9.17) is 11.5 Å². The number of benzene rings is 3. The van der Waals surface area contributed by atoms with Crippen LogP contribution in [0.2, 0.25) is 0 Å². The Morgan fingerprint density at radius 3 is 2.13 bits per heavy atom. The second-order valence-corrected chi connectivity index (χ2v) is 5.31. The molecule has 0 bridgehead atoms. The van der Waals surface area contributed by atoms with Gasteiger partial charge in [0, 0.05) is 11.4 Å². The molecular formula is C19H16N2O2. The zero-order valence-corrected chi connectivity index (χ0v) is 12.4. The maximum Gasteiger partial charge on any atom is 0.335 e. The molecule has 0 saturated carbocycles. The first-order chi connectivity index (χ1) is 11.0. The molecule has 0 saturated heterocycles. The Balaban J connectivity index is 2.19. The van der Waals surface area contributed by atoms with Crippen molar-refractivity contribution in [1.29, 1.82) is 0 Å². The molecule has 3 aromatic rings. The van der Waals surface area contributed by atoms with Crippen LogP contribution in [-0.2, 0) is 0 Å². The molecule has 0 unspecified atom stereocenters. The van der Waals surface area contributed by atoms with E-state index >= 15 is 0 Å². The summed E-state index contributed by atoms with van der Waals surface area (Å²) in [4.78, 5) is 11.2. The largest absolute Gasteiger partial charge is 0.478 e. The summed E-state index contributed by atoms with van der Waals surface area (Å²) in [5.41, 5.74) is 16.9. The summed E-state index contributed by atoms with van der Waals surface area (Å²) in [7, 11) is 0. The Morgan fingerprint density at radius 2 is 1.43 bits per heavy atom. The van der Waals surface area contributed by atoms with Crippen molar-refractivity contribution >= 4 is 17.3 Å². The van der Waals surface area contributed by atoms with Gasteiger partial charge in [-0.1, -0.05) is 30.3 Å². The monoisotopic (exact) mass is 304 g/mol. The van der Waals surface area contributed by atoms with Crippen LogP contribution in [0.4, 0.5) is 11.4 Å². The molecule has 0 amide bonds. The zero-order valence-electron chi connectivity index (χ0n) is 12.4. The number of hydrogen-bond donors (Lipinski definition) is 3. The van der Waals surface area contributed by atoms with E-state index in [0.29, 0.717) is 11.4 Å². The maximum atomic E-state index is 11.2. The van der Waals surface area contributed by atoms with E-state index < -0.39 is 5.97 Å². The molecule has 0 aliphatic carbocycles. The first kappa shape index (κ1) is 14.7. The van der Waals surface area contributed by atoms with Crippen LogP contribution in [-0.4, -0.2) is 11.1 Å². The number of rotatable bonds is 3. The molecule has 3 aromatic carbocycles. The van der Waals surface area contributed by atoms with Crippen molar-refractivity contribution in [2.45, 2.75) is 0 Å².